The molecule has 0 aliphatic carbocycles. The van der Waals surface area contributed by atoms with Crippen LogP contribution >= 0.6 is 34.8 Å². The van der Waals surface area contributed by atoms with Crippen LogP contribution in [0.1, 0.15) is 19.4 Å². The van der Waals surface area contributed by atoms with E-state index in [1.807, 2.05) is 18.2 Å². The van der Waals surface area contributed by atoms with Gasteiger partial charge in [0.2, 0.25) is 0 Å². The molecule has 0 aliphatic rings. The maximum absolute atomic E-state index is 6.15. The molecule has 1 N–H and O–H groups in total. The van der Waals surface area contributed by atoms with Gasteiger partial charge in [-0.15, -0.1) is 0 Å². The molecule has 0 unspecified atom stereocenters. The van der Waals surface area contributed by atoms with Crippen molar-refractivity contribution in [3.05, 3.63) is 39.4 Å². The molecule has 0 saturated heterocycles. The average molecular weight is 323 g/mol. The molecule has 0 spiro atoms. The van der Waals surface area contributed by atoms with Crippen molar-refractivity contribution in [1.29, 1.82) is 0 Å². The minimum atomic E-state index is 0.218. The predicted molar refractivity (Wildman–Crippen MR) is 83.3 cm³/mol. The van der Waals surface area contributed by atoms with Gasteiger partial charge >= 0.3 is 0 Å². The van der Waals surface area contributed by atoms with Crippen LogP contribution in [0.15, 0.2) is 28.8 Å². The molecule has 2 nitrogen and oxygen atoms in total. The summed E-state index contributed by atoms with van der Waals surface area (Å²) in [6.07, 6.45) is 0. The van der Waals surface area contributed by atoms with Gasteiger partial charge in [0.1, 0.15) is 12.4 Å². The average Bonchev–Trinajstić information content (AvgIpc) is 2.37. The van der Waals surface area contributed by atoms with Gasteiger partial charge in [0, 0.05) is 12.1 Å². The third kappa shape index (κ3) is 6.53. The van der Waals surface area contributed by atoms with Crippen LogP contribution in [-0.4, -0.2) is 13.2 Å². The quantitative estimate of drug-likeness (QED) is 0.779. The lowest BCUT2D eigenvalue weighted by Crippen LogP contribution is -2.18. The summed E-state index contributed by atoms with van der Waals surface area (Å²) < 4.78 is 5.45. The molecule has 5 heteroatoms. The van der Waals surface area contributed by atoms with Gasteiger partial charge in [-0.25, -0.2) is 0 Å². The SMILES string of the molecule is CC(C)CNCc1ccc(OCC(Cl)=CCl)c(Cl)c1. The van der Waals surface area contributed by atoms with E-state index in [0.717, 1.165) is 18.7 Å². The van der Waals surface area contributed by atoms with Gasteiger partial charge in [0.15, 0.2) is 0 Å². The summed E-state index contributed by atoms with van der Waals surface area (Å²) in [5.41, 5.74) is 2.40. The highest BCUT2D eigenvalue weighted by Crippen LogP contribution is 2.26. The summed E-state index contributed by atoms with van der Waals surface area (Å²) in [7, 11) is 0. The van der Waals surface area contributed by atoms with Gasteiger partial charge < -0.3 is 10.1 Å². The molecule has 0 aromatic heterocycles. The monoisotopic (exact) mass is 321 g/mol. The first kappa shape index (κ1) is 16.6. The molecule has 0 fully saturated rings. The van der Waals surface area contributed by atoms with Gasteiger partial charge in [-0.3, -0.25) is 0 Å². The molecule has 0 heterocycles. The summed E-state index contributed by atoms with van der Waals surface area (Å²) >= 11 is 17.3. The van der Waals surface area contributed by atoms with Crippen LogP contribution in [0.2, 0.25) is 5.02 Å². The highest BCUT2D eigenvalue weighted by atomic mass is 35.5. The van der Waals surface area contributed by atoms with Crippen molar-refractivity contribution >= 4 is 34.8 Å². The molecule has 0 radical (unpaired) electrons. The van der Waals surface area contributed by atoms with E-state index in [0.29, 0.717) is 21.7 Å². The number of hydrogen-bond donors (Lipinski definition) is 1. The second-order valence-electron chi connectivity index (χ2n) is 4.63. The zero-order valence-electron chi connectivity index (χ0n) is 11.1. The topological polar surface area (TPSA) is 21.3 Å². The van der Waals surface area contributed by atoms with E-state index in [1.54, 1.807) is 0 Å². The second-order valence-corrected chi connectivity index (χ2v) is 5.75. The molecule has 0 bridgehead atoms. The highest BCUT2D eigenvalue weighted by molar-refractivity contribution is 6.36. The Kier molecular flexibility index (Phi) is 7.62. The fraction of sp³-hybridized carbons (Fsp3) is 0.429. The second kappa shape index (κ2) is 8.70. The van der Waals surface area contributed by atoms with Gasteiger partial charge in [0.05, 0.1) is 10.1 Å². The molecular formula is C14H18Cl3NO. The number of benzene rings is 1. The van der Waals surface area contributed by atoms with E-state index in [9.17, 15) is 0 Å². The predicted octanol–water partition coefficient (Wildman–Crippen LogP) is 4.78. The van der Waals surface area contributed by atoms with Crippen molar-refractivity contribution < 1.29 is 4.74 Å². The van der Waals surface area contributed by atoms with Crippen LogP contribution in [0.5, 0.6) is 5.75 Å². The maximum atomic E-state index is 6.15. The first-order chi connectivity index (χ1) is 9.02. The number of nitrogens with one attached hydrogen (secondary N) is 1. The first-order valence-corrected chi connectivity index (χ1v) is 7.29. The van der Waals surface area contributed by atoms with E-state index >= 15 is 0 Å². The number of halogens is 3. The van der Waals surface area contributed by atoms with E-state index in [2.05, 4.69) is 19.2 Å². The van der Waals surface area contributed by atoms with E-state index < -0.39 is 0 Å². The van der Waals surface area contributed by atoms with Crippen LogP contribution in [0.25, 0.3) is 0 Å². The Labute approximate surface area is 129 Å². The Morgan fingerprint density at radius 2 is 2.16 bits per heavy atom. The summed E-state index contributed by atoms with van der Waals surface area (Å²) in [5, 5.41) is 4.36. The van der Waals surface area contributed by atoms with Gasteiger partial charge in [-0.2, -0.15) is 0 Å². The van der Waals surface area contributed by atoms with Crippen LogP contribution in [0.3, 0.4) is 0 Å². The van der Waals surface area contributed by atoms with Gasteiger partial charge in [0.25, 0.3) is 0 Å². The zero-order chi connectivity index (χ0) is 14.3. The molecular weight excluding hydrogens is 305 g/mol. The summed E-state index contributed by atoms with van der Waals surface area (Å²) in [5.74, 6) is 1.23. The Balaban J connectivity index is 2.54. The molecule has 0 aliphatic heterocycles. The normalized spacial score (nSPS) is 12.0. The van der Waals surface area contributed by atoms with Crippen LogP contribution in [-0.2, 0) is 6.54 Å². The molecule has 0 amide bonds. The van der Waals surface area contributed by atoms with E-state index in [4.69, 9.17) is 39.5 Å². The van der Waals surface area contributed by atoms with Crippen molar-refractivity contribution in [3.8, 4) is 5.75 Å². The molecule has 0 atom stereocenters. The Bertz CT molecular complexity index is 433. The van der Waals surface area contributed by atoms with E-state index in [1.165, 1.54) is 5.54 Å². The molecule has 19 heavy (non-hydrogen) atoms. The fourth-order valence-corrected chi connectivity index (χ4v) is 1.83. The van der Waals surface area contributed by atoms with E-state index in [-0.39, 0.29) is 6.61 Å². The standard InChI is InChI=1S/C14H18Cl3NO/c1-10(2)7-18-8-11-3-4-14(13(17)5-11)19-9-12(16)6-15/h3-6,10,18H,7-9H2,1-2H3. The Hall–Kier alpha value is -0.410. The number of hydrogen-bond acceptors (Lipinski definition) is 2. The Morgan fingerprint density at radius 3 is 2.74 bits per heavy atom. The third-order valence-electron chi connectivity index (χ3n) is 2.36. The van der Waals surface area contributed by atoms with Crippen molar-refractivity contribution in [2.75, 3.05) is 13.2 Å². The lowest BCUT2D eigenvalue weighted by Gasteiger charge is -2.10. The lowest BCUT2D eigenvalue weighted by molar-refractivity contribution is 0.359. The molecule has 106 valence electrons. The maximum Gasteiger partial charge on any atom is 0.138 e. The summed E-state index contributed by atoms with van der Waals surface area (Å²) in [4.78, 5) is 0. The van der Waals surface area contributed by atoms with Gasteiger partial charge in [-0.1, -0.05) is 54.7 Å². The van der Waals surface area contributed by atoms with Crippen molar-refractivity contribution in [3.63, 3.8) is 0 Å². The Morgan fingerprint density at radius 1 is 1.42 bits per heavy atom. The van der Waals surface area contributed by atoms with Crippen molar-refractivity contribution in [1.82, 2.24) is 5.32 Å². The third-order valence-corrected chi connectivity index (χ3v) is 3.25. The summed E-state index contributed by atoms with van der Waals surface area (Å²) in [6, 6.07) is 5.71. The lowest BCUT2D eigenvalue weighted by atomic mass is 10.2. The fourth-order valence-electron chi connectivity index (χ4n) is 1.45. The number of rotatable bonds is 7. The first-order valence-electron chi connectivity index (χ1n) is 6.09. The van der Waals surface area contributed by atoms with Crippen LogP contribution in [0.4, 0.5) is 0 Å². The smallest absolute Gasteiger partial charge is 0.138 e. The summed E-state index contributed by atoms with van der Waals surface area (Å²) in [6.45, 7) is 6.33. The van der Waals surface area contributed by atoms with Crippen LogP contribution < -0.4 is 10.1 Å². The highest BCUT2D eigenvalue weighted by Gasteiger charge is 2.04. The van der Waals surface area contributed by atoms with Crippen LogP contribution in [0, 0.1) is 5.92 Å². The van der Waals surface area contributed by atoms with Gasteiger partial charge in [-0.05, 0) is 30.2 Å². The zero-order valence-corrected chi connectivity index (χ0v) is 13.3. The van der Waals surface area contributed by atoms with Crippen molar-refractivity contribution in [2.24, 2.45) is 5.92 Å². The van der Waals surface area contributed by atoms with Crippen molar-refractivity contribution in [2.45, 2.75) is 20.4 Å². The number of ether oxygens (including phenoxy) is 1. The minimum absolute atomic E-state index is 0.218. The molecule has 1 rings (SSSR count). The largest absolute Gasteiger partial charge is 0.486 e. The molecule has 0 saturated carbocycles. The molecule has 1 aromatic carbocycles. The molecule has 1 aromatic rings. The minimum Gasteiger partial charge on any atom is -0.486 e.